The van der Waals surface area contributed by atoms with Crippen molar-refractivity contribution in [3.8, 4) is 0 Å². The maximum Gasteiger partial charge on any atom is 0.169 e. The summed E-state index contributed by atoms with van der Waals surface area (Å²) in [5.41, 5.74) is 7.11. The van der Waals surface area contributed by atoms with Gasteiger partial charge in [0.1, 0.15) is 5.76 Å². The summed E-state index contributed by atoms with van der Waals surface area (Å²) < 4.78 is 7.45. The SMILES string of the molecule is CN(Cc1ccccc1Br)C(CN)c1ccc(Br)o1. The van der Waals surface area contributed by atoms with E-state index in [-0.39, 0.29) is 6.04 Å². The van der Waals surface area contributed by atoms with Crippen LogP contribution in [0, 0.1) is 0 Å². The molecule has 5 heteroatoms. The van der Waals surface area contributed by atoms with Gasteiger partial charge in [0, 0.05) is 17.6 Å². The van der Waals surface area contributed by atoms with Crippen LogP contribution in [0.15, 0.2) is 50.0 Å². The lowest BCUT2D eigenvalue weighted by Crippen LogP contribution is -2.30. The molecular weight excluding hydrogens is 372 g/mol. The van der Waals surface area contributed by atoms with E-state index in [0.717, 1.165) is 21.4 Å². The van der Waals surface area contributed by atoms with E-state index >= 15 is 0 Å². The van der Waals surface area contributed by atoms with E-state index in [1.165, 1.54) is 5.56 Å². The zero-order valence-corrected chi connectivity index (χ0v) is 13.8. The Kier molecular flexibility index (Phi) is 5.21. The predicted molar refractivity (Wildman–Crippen MR) is 83.8 cm³/mol. The molecule has 0 aliphatic carbocycles. The lowest BCUT2D eigenvalue weighted by atomic mass is 10.1. The highest BCUT2D eigenvalue weighted by Gasteiger charge is 2.19. The number of nitrogens with zero attached hydrogens (tertiary/aromatic N) is 1. The van der Waals surface area contributed by atoms with Gasteiger partial charge in [-0.1, -0.05) is 34.1 Å². The van der Waals surface area contributed by atoms with Crippen LogP contribution >= 0.6 is 31.9 Å². The summed E-state index contributed by atoms with van der Waals surface area (Å²) in [4.78, 5) is 2.19. The molecule has 0 aliphatic heterocycles. The molecule has 2 aromatic rings. The first kappa shape index (κ1) is 14.8. The summed E-state index contributed by atoms with van der Waals surface area (Å²) in [6, 6.07) is 12.1. The van der Waals surface area contributed by atoms with Crippen LogP contribution < -0.4 is 5.73 Å². The van der Waals surface area contributed by atoms with Crippen molar-refractivity contribution in [1.29, 1.82) is 0 Å². The van der Waals surface area contributed by atoms with Gasteiger partial charge in [0.2, 0.25) is 0 Å². The molecule has 0 bridgehead atoms. The van der Waals surface area contributed by atoms with E-state index in [2.05, 4.69) is 42.8 Å². The molecule has 2 rings (SSSR count). The monoisotopic (exact) mass is 386 g/mol. The Morgan fingerprint density at radius 1 is 1.21 bits per heavy atom. The summed E-state index contributed by atoms with van der Waals surface area (Å²) in [5, 5.41) is 0. The van der Waals surface area contributed by atoms with Crippen molar-refractivity contribution in [3.63, 3.8) is 0 Å². The Hall–Kier alpha value is -0.620. The zero-order valence-electron chi connectivity index (χ0n) is 10.6. The first-order valence-electron chi connectivity index (χ1n) is 6.00. The highest BCUT2D eigenvalue weighted by Crippen LogP contribution is 2.26. The highest BCUT2D eigenvalue weighted by molar-refractivity contribution is 9.10. The topological polar surface area (TPSA) is 42.4 Å². The molecule has 0 spiro atoms. The normalized spacial score (nSPS) is 12.9. The fourth-order valence-corrected chi connectivity index (χ4v) is 2.76. The summed E-state index contributed by atoms with van der Waals surface area (Å²) in [5.74, 6) is 0.879. The van der Waals surface area contributed by atoms with Gasteiger partial charge in [-0.25, -0.2) is 0 Å². The number of hydrogen-bond donors (Lipinski definition) is 1. The van der Waals surface area contributed by atoms with E-state index in [4.69, 9.17) is 10.2 Å². The molecule has 3 nitrogen and oxygen atoms in total. The molecule has 0 aliphatic rings. The molecule has 1 aromatic heterocycles. The molecule has 102 valence electrons. The van der Waals surface area contributed by atoms with E-state index in [1.54, 1.807) is 0 Å². The third-order valence-corrected chi connectivity index (χ3v) is 4.26. The minimum absolute atomic E-state index is 0.0680. The second kappa shape index (κ2) is 6.70. The molecular formula is C14H16Br2N2O. The number of halogens is 2. The van der Waals surface area contributed by atoms with Crippen molar-refractivity contribution in [2.24, 2.45) is 5.73 Å². The number of furan rings is 1. The van der Waals surface area contributed by atoms with Gasteiger partial charge in [-0.05, 0) is 46.7 Å². The third-order valence-electron chi connectivity index (χ3n) is 3.06. The molecule has 1 atom stereocenters. The lowest BCUT2D eigenvalue weighted by Gasteiger charge is -2.25. The van der Waals surface area contributed by atoms with E-state index < -0.39 is 0 Å². The number of likely N-dealkylation sites (N-methyl/N-ethyl adjacent to an activating group) is 1. The second-order valence-electron chi connectivity index (χ2n) is 4.40. The number of nitrogens with two attached hydrogens (primary N) is 1. The average Bonchev–Trinajstić information content (AvgIpc) is 2.80. The molecule has 0 radical (unpaired) electrons. The van der Waals surface area contributed by atoms with E-state index in [9.17, 15) is 0 Å². The predicted octanol–water partition coefficient (Wildman–Crippen LogP) is 3.94. The summed E-state index contributed by atoms with van der Waals surface area (Å²) in [6.07, 6.45) is 0. The van der Waals surface area contributed by atoms with Gasteiger partial charge in [-0.15, -0.1) is 0 Å². The smallest absolute Gasteiger partial charge is 0.169 e. The Morgan fingerprint density at radius 3 is 2.53 bits per heavy atom. The van der Waals surface area contributed by atoms with Gasteiger partial charge in [-0.3, -0.25) is 4.90 Å². The van der Waals surface area contributed by atoms with Gasteiger partial charge in [0.05, 0.1) is 6.04 Å². The fraction of sp³-hybridized carbons (Fsp3) is 0.286. The van der Waals surface area contributed by atoms with E-state index in [0.29, 0.717) is 6.54 Å². The highest BCUT2D eigenvalue weighted by atomic mass is 79.9. The van der Waals surface area contributed by atoms with Crippen LogP contribution in [0.3, 0.4) is 0 Å². The molecule has 1 unspecified atom stereocenters. The van der Waals surface area contributed by atoms with Gasteiger partial charge in [0.25, 0.3) is 0 Å². The van der Waals surface area contributed by atoms with Crippen molar-refractivity contribution in [3.05, 3.63) is 56.9 Å². The van der Waals surface area contributed by atoms with Crippen molar-refractivity contribution < 1.29 is 4.42 Å². The van der Waals surface area contributed by atoms with Crippen LogP contribution in [0.2, 0.25) is 0 Å². The molecule has 0 fully saturated rings. The number of benzene rings is 1. The average molecular weight is 388 g/mol. The second-order valence-corrected chi connectivity index (χ2v) is 6.04. The van der Waals surface area contributed by atoms with Crippen LogP contribution in [0.4, 0.5) is 0 Å². The lowest BCUT2D eigenvalue weighted by molar-refractivity contribution is 0.211. The van der Waals surface area contributed by atoms with Crippen LogP contribution in [-0.2, 0) is 6.54 Å². The standard InChI is InChI=1S/C14H16Br2N2O/c1-18(9-10-4-2-3-5-11(10)15)12(8-17)13-6-7-14(16)19-13/h2-7,12H,8-9,17H2,1H3. The minimum atomic E-state index is 0.0680. The molecule has 1 aromatic carbocycles. The van der Waals surface area contributed by atoms with Crippen molar-refractivity contribution >= 4 is 31.9 Å². The molecule has 0 amide bonds. The summed E-state index contributed by atoms with van der Waals surface area (Å²) >= 11 is 6.89. The third kappa shape index (κ3) is 3.69. The van der Waals surface area contributed by atoms with Crippen LogP contribution in [-0.4, -0.2) is 18.5 Å². The van der Waals surface area contributed by atoms with Crippen LogP contribution in [0.5, 0.6) is 0 Å². The Balaban J connectivity index is 2.13. The van der Waals surface area contributed by atoms with E-state index in [1.807, 2.05) is 37.4 Å². The van der Waals surface area contributed by atoms with Crippen LogP contribution in [0.25, 0.3) is 0 Å². The molecule has 2 N–H and O–H groups in total. The molecule has 19 heavy (non-hydrogen) atoms. The summed E-state index contributed by atoms with van der Waals surface area (Å²) in [6.45, 7) is 1.32. The summed E-state index contributed by atoms with van der Waals surface area (Å²) in [7, 11) is 2.05. The van der Waals surface area contributed by atoms with Gasteiger partial charge >= 0.3 is 0 Å². The largest absolute Gasteiger partial charge is 0.453 e. The molecule has 0 saturated heterocycles. The number of rotatable bonds is 5. The first-order chi connectivity index (χ1) is 9.11. The quantitative estimate of drug-likeness (QED) is 0.844. The Labute approximate surface area is 130 Å². The maximum atomic E-state index is 5.88. The fourth-order valence-electron chi connectivity index (χ4n) is 2.03. The Morgan fingerprint density at radius 2 is 1.95 bits per heavy atom. The van der Waals surface area contributed by atoms with Crippen LogP contribution in [0.1, 0.15) is 17.4 Å². The Bertz CT molecular complexity index is 542. The van der Waals surface area contributed by atoms with Crippen molar-refractivity contribution in [1.82, 2.24) is 4.90 Å². The first-order valence-corrected chi connectivity index (χ1v) is 7.59. The molecule has 0 saturated carbocycles. The number of hydrogen-bond acceptors (Lipinski definition) is 3. The van der Waals surface area contributed by atoms with Gasteiger partial charge in [0.15, 0.2) is 4.67 Å². The minimum Gasteiger partial charge on any atom is -0.453 e. The molecule has 1 heterocycles. The van der Waals surface area contributed by atoms with Gasteiger partial charge < -0.3 is 10.2 Å². The maximum absolute atomic E-state index is 5.88. The van der Waals surface area contributed by atoms with Crippen molar-refractivity contribution in [2.75, 3.05) is 13.6 Å². The van der Waals surface area contributed by atoms with Gasteiger partial charge in [-0.2, -0.15) is 0 Å². The zero-order chi connectivity index (χ0) is 13.8. The van der Waals surface area contributed by atoms with Crippen molar-refractivity contribution in [2.45, 2.75) is 12.6 Å².